The van der Waals surface area contributed by atoms with E-state index < -0.39 is 5.82 Å². The Morgan fingerprint density at radius 3 is 2.39 bits per heavy atom. The minimum atomic E-state index is -0.442. The number of halogens is 1. The van der Waals surface area contributed by atoms with Crippen LogP contribution in [0.15, 0.2) is 48.5 Å². The zero-order valence-electron chi connectivity index (χ0n) is 12.9. The monoisotopic (exact) mass is 309 g/mol. The maximum atomic E-state index is 13.8. The van der Waals surface area contributed by atoms with Crippen LogP contribution in [-0.4, -0.2) is 5.97 Å². The van der Waals surface area contributed by atoms with Crippen molar-refractivity contribution in [3.05, 3.63) is 65.5 Å². The summed E-state index contributed by atoms with van der Waals surface area (Å²) in [5.74, 6) is -0.522. The predicted octanol–water partition coefficient (Wildman–Crippen LogP) is 4.45. The lowest BCUT2D eigenvalue weighted by Crippen LogP contribution is -2.14. The van der Waals surface area contributed by atoms with Gasteiger partial charge in [-0.15, -0.1) is 0 Å². The van der Waals surface area contributed by atoms with Crippen molar-refractivity contribution >= 4 is 17.6 Å². The van der Waals surface area contributed by atoms with Crippen molar-refractivity contribution in [1.29, 1.82) is 5.26 Å². The fourth-order valence-corrected chi connectivity index (χ4v) is 1.88. The molecule has 0 spiro atoms. The third-order valence-corrected chi connectivity index (χ3v) is 3.17. The Morgan fingerprint density at radius 2 is 1.83 bits per heavy atom. The van der Waals surface area contributed by atoms with Crippen molar-refractivity contribution in [3.8, 4) is 11.8 Å². The average molecular weight is 309 g/mol. The molecular weight excluding hydrogens is 293 g/mol. The van der Waals surface area contributed by atoms with Crippen LogP contribution < -0.4 is 4.74 Å². The number of ether oxygens (including phenoxy) is 1. The number of benzene rings is 2. The smallest absolute Gasteiger partial charge is 0.313 e. The van der Waals surface area contributed by atoms with Crippen LogP contribution >= 0.6 is 0 Å². The minimum Gasteiger partial charge on any atom is -0.426 e. The number of esters is 1. The van der Waals surface area contributed by atoms with E-state index in [4.69, 9.17) is 4.74 Å². The Morgan fingerprint density at radius 1 is 1.17 bits per heavy atom. The summed E-state index contributed by atoms with van der Waals surface area (Å²) in [5, 5.41) is 9.25. The highest BCUT2D eigenvalue weighted by atomic mass is 19.1. The number of nitrogens with zero attached hydrogens (tertiary/aromatic N) is 1. The number of rotatable bonds is 4. The molecule has 116 valence electrons. The van der Waals surface area contributed by atoms with Crippen LogP contribution in [0.1, 0.15) is 25.0 Å². The summed E-state index contributed by atoms with van der Waals surface area (Å²) < 4.78 is 18.9. The summed E-state index contributed by atoms with van der Waals surface area (Å²) in [4.78, 5) is 11.5. The molecule has 0 amide bonds. The summed E-state index contributed by atoms with van der Waals surface area (Å²) in [6.07, 6.45) is 1.59. The van der Waals surface area contributed by atoms with Crippen molar-refractivity contribution in [3.63, 3.8) is 0 Å². The first-order valence-corrected chi connectivity index (χ1v) is 7.19. The minimum absolute atomic E-state index is 0.208. The van der Waals surface area contributed by atoms with Gasteiger partial charge in [0, 0.05) is 5.56 Å². The van der Waals surface area contributed by atoms with E-state index in [1.54, 1.807) is 62.4 Å². The van der Waals surface area contributed by atoms with E-state index in [2.05, 4.69) is 0 Å². The summed E-state index contributed by atoms with van der Waals surface area (Å²) in [7, 11) is 0. The molecular formula is C19H16FNO2. The van der Waals surface area contributed by atoms with Crippen LogP contribution in [0.4, 0.5) is 4.39 Å². The first-order chi connectivity index (χ1) is 11.0. The van der Waals surface area contributed by atoms with Gasteiger partial charge in [0.2, 0.25) is 0 Å². The molecule has 0 unspecified atom stereocenters. The molecule has 0 aliphatic heterocycles. The number of nitriles is 1. The number of carbonyl (C=O) groups excluding carboxylic acids is 1. The van der Waals surface area contributed by atoms with E-state index >= 15 is 0 Å². The molecule has 2 aromatic carbocycles. The third-order valence-electron chi connectivity index (χ3n) is 3.17. The van der Waals surface area contributed by atoms with Crippen molar-refractivity contribution < 1.29 is 13.9 Å². The fraction of sp³-hybridized carbons (Fsp3) is 0.158. The molecule has 0 saturated heterocycles. The zero-order chi connectivity index (χ0) is 16.8. The number of hydrogen-bond acceptors (Lipinski definition) is 3. The molecule has 0 aliphatic rings. The van der Waals surface area contributed by atoms with Gasteiger partial charge in [0.15, 0.2) is 0 Å². The standard InChI is InChI=1S/C19H16FNO2/c1-13(2)19(22)23-16-9-7-14(8-10-16)11-15(12-21)17-5-3-4-6-18(17)20/h3-11,13H,1-2H3/b15-11-. The quantitative estimate of drug-likeness (QED) is 0.363. The molecule has 2 aromatic rings. The van der Waals surface area contributed by atoms with E-state index in [9.17, 15) is 14.4 Å². The lowest BCUT2D eigenvalue weighted by atomic mass is 10.0. The number of carbonyl (C=O) groups is 1. The van der Waals surface area contributed by atoms with Gasteiger partial charge in [0.1, 0.15) is 11.6 Å². The van der Waals surface area contributed by atoms with Crippen LogP contribution in [0, 0.1) is 23.1 Å². The Labute approximate surface area is 134 Å². The van der Waals surface area contributed by atoms with Crippen molar-refractivity contribution in [2.45, 2.75) is 13.8 Å². The van der Waals surface area contributed by atoms with Crippen LogP contribution in [0.3, 0.4) is 0 Å². The zero-order valence-corrected chi connectivity index (χ0v) is 12.9. The van der Waals surface area contributed by atoms with Crippen LogP contribution in [0.2, 0.25) is 0 Å². The van der Waals surface area contributed by atoms with E-state index in [0.717, 1.165) is 0 Å². The number of hydrogen-bond donors (Lipinski definition) is 0. The summed E-state index contributed by atoms with van der Waals surface area (Å²) >= 11 is 0. The molecule has 0 saturated carbocycles. The molecule has 0 heterocycles. The SMILES string of the molecule is CC(C)C(=O)Oc1ccc(/C=C(/C#N)c2ccccc2F)cc1. The van der Waals surface area contributed by atoms with Crippen LogP contribution in [0.25, 0.3) is 11.6 Å². The molecule has 0 radical (unpaired) electrons. The molecule has 0 aromatic heterocycles. The van der Waals surface area contributed by atoms with Gasteiger partial charge in [-0.3, -0.25) is 4.79 Å². The summed E-state index contributed by atoms with van der Waals surface area (Å²) in [6, 6.07) is 14.8. The molecule has 0 atom stereocenters. The van der Waals surface area contributed by atoms with Gasteiger partial charge in [0.25, 0.3) is 0 Å². The highest BCUT2D eigenvalue weighted by Crippen LogP contribution is 2.22. The average Bonchev–Trinajstić information content (AvgIpc) is 2.55. The lowest BCUT2D eigenvalue weighted by Gasteiger charge is -2.07. The summed E-state index contributed by atoms with van der Waals surface area (Å²) in [6.45, 7) is 3.51. The van der Waals surface area contributed by atoms with Gasteiger partial charge in [-0.1, -0.05) is 44.2 Å². The fourth-order valence-electron chi connectivity index (χ4n) is 1.88. The molecule has 23 heavy (non-hydrogen) atoms. The first kappa shape index (κ1) is 16.4. The maximum absolute atomic E-state index is 13.8. The molecule has 0 fully saturated rings. The second kappa shape index (κ2) is 7.37. The molecule has 3 nitrogen and oxygen atoms in total. The number of allylic oxidation sites excluding steroid dienone is 1. The molecule has 4 heteroatoms. The van der Waals surface area contributed by atoms with E-state index in [1.165, 1.54) is 6.07 Å². The van der Waals surface area contributed by atoms with Gasteiger partial charge in [-0.25, -0.2) is 4.39 Å². The van der Waals surface area contributed by atoms with Crippen LogP contribution in [-0.2, 0) is 4.79 Å². The molecule has 2 rings (SSSR count). The van der Waals surface area contributed by atoms with Crippen molar-refractivity contribution in [1.82, 2.24) is 0 Å². The van der Waals surface area contributed by atoms with Crippen molar-refractivity contribution in [2.75, 3.05) is 0 Å². The Kier molecular flexibility index (Phi) is 5.27. The van der Waals surface area contributed by atoms with E-state index in [0.29, 0.717) is 11.3 Å². The predicted molar refractivity (Wildman–Crippen MR) is 86.8 cm³/mol. The second-order valence-corrected chi connectivity index (χ2v) is 5.29. The summed E-state index contributed by atoms with van der Waals surface area (Å²) in [5.41, 5.74) is 1.20. The highest BCUT2D eigenvalue weighted by molar-refractivity contribution is 5.89. The lowest BCUT2D eigenvalue weighted by molar-refractivity contribution is -0.137. The molecule has 0 bridgehead atoms. The van der Waals surface area contributed by atoms with Gasteiger partial charge < -0.3 is 4.74 Å². The first-order valence-electron chi connectivity index (χ1n) is 7.19. The molecule has 0 N–H and O–H groups in total. The van der Waals surface area contributed by atoms with Gasteiger partial charge in [-0.05, 0) is 29.8 Å². The van der Waals surface area contributed by atoms with Crippen LogP contribution in [0.5, 0.6) is 5.75 Å². The van der Waals surface area contributed by atoms with Crippen molar-refractivity contribution in [2.24, 2.45) is 5.92 Å². The largest absolute Gasteiger partial charge is 0.426 e. The Bertz CT molecular complexity index is 771. The highest BCUT2D eigenvalue weighted by Gasteiger charge is 2.10. The van der Waals surface area contributed by atoms with Gasteiger partial charge in [0.05, 0.1) is 17.6 Å². The maximum Gasteiger partial charge on any atom is 0.313 e. The topological polar surface area (TPSA) is 50.1 Å². The van der Waals surface area contributed by atoms with E-state index in [-0.39, 0.29) is 23.0 Å². The normalized spacial score (nSPS) is 11.2. The second-order valence-electron chi connectivity index (χ2n) is 5.29. The molecule has 0 aliphatic carbocycles. The third kappa shape index (κ3) is 4.27. The van der Waals surface area contributed by atoms with Gasteiger partial charge >= 0.3 is 5.97 Å². The Hall–Kier alpha value is -2.93. The van der Waals surface area contributed by atoms with Gasteiger partial charge in [-0.2, -0.15) is 5.26 Å². The Balaban J connectivity index is 2.24. The van der Waals surface area contributed by atoms with E-state index in [1.807, 2.05) is 6.07 Å².